The molecule has 0 aliphatic heterocycles. The van der Waals surface area contributed by atoms with Crippen LogP contribution in [0.5, 0.6) is 11.5 Å². The van der Waals surface area contributed by atoms with Gasteiger partial charge in [-0.1, -0.05) is 6.07 Å². The van der Waals surface area contributed by atoms with Gasteiger partial charge in [-0.3, -0.25) is 0 Å². The van der Waals surface area contributed by atoms with E-state index in [1.165, 1.54) is 7.11 Å². The number of carbonyl (C=O) groups excluding carboxylic acids is 1. The maximum absolute atomic E-state index is 11.6. The van der Waals surface area contributed by atoms with Crippen molar-refractivity contribution in [2.45, 2.75) is 46.3 Å². The summed E-state index contributed by atoms with van der Waals surface area (Å²) in [5.74, 6) is 1.20. The third-order valence-electron chi connectivity index (χ3n) is 3.32. The summed E-state index contributed by atoms with van der Waals surface area (Å²) in [4.78, 5) is 16.1. The number of methoxy groups -OCH3 is 1. The molecule has 0 atom stereocenters. The topological polar surface area (TPSA) is 104 Å². The molecule has 0 saturated carbocycles. The van der Waals surface area contributed by atoms with Gasteiger partial charge < -0.3 is 30.5 Å². The lowest BCUT2D eigenvalue weighted by atomic mass is 10.2. The van der Waals surface area contributed by atoms with E-state index in [2.05, 4.69) is 20.9 Å². The number of aliphatic imine (C=N–C) groups is 1. The van der Waals surface area contributed by atoms with Crippen LogP contribution in [0.25, 0.3) is 0 Å². The van der Waals surface area contributed by atoms with Gasteiger partial charge in [0, 0.05) is 19.6 Å². The molecule has 0 heterocycles. The molecule has 0 fully saturated rings. The predicted octanol–water partition coefficient (Wildman–Crippen LogP) is 2.99. The van der Waals surface area contributed by atoms with Crippen molar-refractivity contribution in [2.24, 2.45) is 4.99 Å². The molecule has 1 aromatic carbocycles. The number of halogens is 1. The van der Waals surface area contributed by atoms with Gasteiger partial charge in [-0.15, -0.1) is 24.0 Å². The molecule has 9 heteroatoms. The lowest BCUT2D eigenvalue weighted by molar-refractivity contribution is 0.0527. The molecule has 8 nitrogen and oxygen atoms in total. The molecule has 1 rings (SSSR count). The number of carbonyl (C=O) groups is 1. The van der Waals surface area contributed by atoms with Crippen molar-refractivity contribution in [3.05, 3.63) is 23.8 Å². The summed E-state index contributed by atoms with van der Waals surface area (Å²) in [6.07, 6.45) is 0.315. The number of amides is 1. The van der Waals surface area contributed by atoms with Gasteiger partial charge in [0.1, 0.15) is 5.60 Å². The third kappa shape index (κ3) is 11.1. The highest BCUT2D eigenvalue weighted by Crippen LogP contribution is 2.26. The summed E-state index contributed by atoms with van der Waals surface area (Å²) in [5, 5.41) is 18.9. The minimum Gasteiger partial charge on any atom is -0.504 e. The van der Waals surface area contributed by atoms with Crippen molar-refractivity contribution in [1.29, 1.82) is 0 Å². The molecule has 0 radical (unpaired) electrons. The lowest BCUT2D eigenvalue weighted by Crippen LogP contribution is -2.39. The number of phenolic OH excluding ortho intramolecular Hbond substituents is 1. The Hall–Kier alpha value is -1.91. The molecule has 28 heavy (non-hydrogen) atoms. The molecule has 0 aliphatic rings. The Labute approximate surface area is 184 Å². The van der Waals surface area contributed by atoms with Gasteiger partial charge in [0.25, 0.3) is 0 Å². The minimum atomic E-state index is -0.497. The number of hydrogen-bond donors (Lipinski definition) is 4. The molecule has 0 aliphatic carbocycles. The average Bonchev–Trinajstić information content (AvgIpc) is 2.57. The molecule has 0 unspecified atom stereocenters. The van der Waals surface area contributed by atoms with E-state index in [1.54, 1.807) is 12.1 Å². The first-order valence-corrected chi connectivity index (χ1v) is 9.10. The van der Waals surface area contributed by atoms with E-state index < -0.39 is 11.7 Å². The van der Waals surface area contributed by atoms with Crippen LogP contribution in [0.4, 0.5) is 4.79 Å². The lowest BCUT2D eigenvalue weighted by Gasteiger charge is -2.19. The first-order chi connectivity index (χ1) is 12.7. The summed E-state index contributed by atoms with van der Waals surface area (Å²) in [6, 6.07) is 5.20. The van der Waals surface area contributed by atoms with Crippen molar-refractivity contribution in [3.63, 3.8) is 0 Å². The highest BCUT2D eigenvalue weighted by molar-refractivity contribution is 14.0. The Balaban J connectivity index is 0.00000729. The predicted molar refractivity (Wildman–Crippen MR) is 122 cm³/mol. The van der Waals surface area contributed by atoms with E-state index >= 15 is 0 Å². The largest absolute Gasteiger partial charge is 0.504 e. The van der Waals surface area contributed by atoms with E-state index in [4.69, 9.17) is 9.47 Å². The second kappa shape index (κ2) is 13.3. The molecule has 0 aromatic heterocycles. The van der Waals surface area contributed by atoms with Crippen molar-refractivity contribution >= 4 is 36.0 Å². The molecule has 1 amide bonds. The van der Waals surface area contributed by atoms with Crippen molar-refractivity contribution in [3.8, 4) is 11.5 Å². The number of nitrogens with zero attached hydrogens (tertiary/aromatic N) is 1. The maximum Gasteiger partial charge on any atom is 0.407 e. The maximum atomic E-state index is 11.6. The molecule has 0 spiro atoms. The van der Waals surface area contributed by atoms with Crippen LogP contribution in [0.2, 0.25) is 0 Å². The summed E-state index contributed by atoms with van der Waals surface area (Å²) in [6.45, 7) is 9.78. The van der Waals surface area contributed by atoms with Gasteiger partial charge in [-0.2, -0.15) is 0 Å². The monoisotopic (exact) mass is 508 g/mol. The van der Waals surface area contributed by atoms with Gasteiger partial charge in [0.15, 0.2) is 17.5 Å². The zero-order chi connectivity index (χ0) is 20.3. The fourth-order valence-electron chi connectivity index (χ4n) is 2.15. The SMILES string of the molecule is CCNC(=NCc1ccc(OC)c(O)c1)NCCCNC(=O)OC(C)(C)C.I. The van der Waals surface area contributed by atoms with Gasteiger partial charge in [0.2, 0.25) is 0 Å². The number of phenols is 1. The van der Waals surface area contributed by atoms with Crippen molar-refractivity contribution in [2.75, 3.05) is 26.7 Å². The fraction of sp³-hybridized carbons (Fsp3) is 0.579. The van der Waals surface area contributed by atoms with Crippen molar-refractivity contribution < 1.29 is 19.4 Å². The van der Waals surface area contributed by atoms with E-state index in [0.717, 1.165) is 18.5 Å². The number of benzene rings is 1. The van der Waals surface area contributed by atoms with Gasteiger partial charge in [-0.25, -0.2) is 9.79 Å². The minimum absolute atomic E-state index is 0. The van der Waals surface area contributed by atoms with Gasteiger partial charge >= 0.3 is 6.09 Å². The molecule has 0 saturated heterocycles. The number of nitrogens with one attached hydrogen (secondary N) is 3. The highest BCUT2D eigenvalue weighted by Gasteiger charge is 2.15. The Morgan fingerprint density at radius 1 is 1.18 bits per heavy atom. The van der Waals surface area contributed by atoms with E-state index in [-0.39, 0.29) is 29.7 Å². The number of rotatable bonds is 8. The van der Waals surface area contributed by atoms with E-state index in [1.807, 2.05) is 33.8 Å². The number of aromatic hydroxyl groups is 1. The first-order valence-electron chi connectivity index (χ1n) is 9.10. The Kier molecular flexibility index (Phi) is 12.4. The van der Waals surface area contributed by atoms with E-state index in [0.29, 0.717) is 31.3 Å². The normalized spacial score (nSPS) is 11.2. The van der Waals surface area contributed by atoms with Crippen LogP contribution in [0.15, 0.2) is 23.2 Å². The number of guanidine groups is 1. The van der Waals surface area contributed by atoms with Crippen LogP contribution in [0.3, 0.4) is 0 Å². The average molecular weight is 508 g/mol. The molecule has 160 valence electrons. The Morgan fingerprint density at radius 3 is 2.43 bits per heavy atom. The van der Waals surface area contributed by atoms with Crippen LogP contribution < -0.4 is 20.7 Å². The zero-order valence-corrected chi connectivity index (χ0v) is 19.6. The fourth-order valence-corrected chi connectivity index (χ4v) is 2.15. The van der Waals surface area contributed by atoms with Crippen molar-refractivity contribution in [1.82, 2.24) is 16.0 Å². The molecular weight excluding hydrogens is 475 g/mol. The number of ether oxygens (including phenoxy) is 2. The van der Waals surface area contributed by atoms with Gasteiger partial charge in [-0.05, 0) is 51.8 Å². The zero-order valence-electron chi connectivity index (χ0n) is 17.3. The van der Waals surface area contributed by atoms with Gasteiger partial charge in [0.05, 0.1) is 13.7 Å². The molecule has 0 bridgehead atoms. The summed E-state index contributed by atoms with van der Waals surface area (Å²) >= 11 is 0. The third-order valence-corrected chi connectivity index (χ3v) is 3.32. The molecular formula is C19H33IN4O4. The quantitative estimate of drug-likeness (QED) is 0.186. The number of hydrogen-bond acceptors (Lipinski definition) is 5. The number of alkyl carbamates (subject to hydrolysis) is 1. The first kappa shape index (κ1) is 26.1. The second-order valence-corrected chi connectivity index (χ2v) is 6.91. The standard InChI is InChI=1S/C19H32N4O4.HI/c1-6-20-17(21-10-7-11-22-18(25)27-19(2,3)4)23-13-14-8-9-16(26-5)15(24)12-14;/h8-9,12,24H,6-7,10-11,13H2,1-5H3,(H,22,25)(H2,20,21,23);1H. The summed E-state index contributed by atoms with van der Waals surface area (Å²) < 4.78 is 10.2. The molecule has 4 N–H and O–H groups in total. The Morgan fingerprint density at radius 2 is 1.86 bits per heavy atom. The Bertz CT molecular complexity index is 633. The smallest absolute Gasteiger partial charge is 0.407 e. The highest BCUT2D eigenvalue weighted by atomic mass is 127. The van der Waals surface area contributed by atoms with E-state index in [9.17, 15) is 9.90 Å². The van der Waals surface area contributed by atoms with Crippen LogP contribution in [-0.4, -0.2) is 49.5 Å². The van der Waals surface area contributed by atoms with Crippen LogP contribution in [-0.2, 0) is 11.3 Å². The van der Waals surface area contributed by atoms with Crippen LogP contribution >= 0.6 is 24.0 Å². The summed E-state index contributed by atoms with van der Waals surface area (Å²) in [5.41, 5.74) is 0.375. The van der Waals surface area contributed by atoms with Crippen LogP contribution in [0, 0.1) is 0 Å². The van der Waals surface area contributed by atoms with Crippen LogP contribution in [0.1, 0.15) is 39.7 Å². The molecule has 1 aromatic rings. The summed E-state index contributed by atoms with van der Waals surface area (Å²) in [7, 11) is 1.51. The second-order valence-electron chi connectivity index (χ2n) is 6.91.